The van der Waals surface area contributed by atoms with E-state index in [0.717, 1.165) is 5.56 Å². The summed E-state index contributed by atoms with van der Waals surface area (Å²) in [5, 5.41) is 9.36. The first-order valence-electron chi connectivity index (χ1n) is 11.7. The molecule has 4 rings (SSSR count). The number of aliphatic hydroxyl groups is 1. The van der Waals surface area contributed by atoms with Crippen LogP contribution in [0.3, 0.4) is 0 Å². The Bertz CT molecular complexity index is 946. The first-order valence-corrected chi connectivity index (χ1v) is 13.5. The van der Waals surface area contributed by atoms with Crippen LogP contribution in [-0.2, 0) is 25.7 Å². The van der Waals surface area contributed by atoms with Crippen LogP contribution < -0.4 is 0 Å². The van der Waals surface area contributed by atoms with Gasteiger partial charge in [0.1, 0.15) is 6.04 Å². The Morgan fingerprint density at radius 1 is 1.38 bits per heavy atom. The summed E-state index contributed by atoms with van der Waals surface area (Å²) in [5.41, 5.74) is 0.990. The fourth-order valence-electron chi connectivity index (χ4n) is 5.76. The summed E-state index contributed by atoms with van der Waals surface area (Å²) < 4.78 is 4.65. The van der Waals surface area contributed by atoms with Crippen LogP contribution in [-0.4, -0.2) is 79.9 Å². The Morgan fingerprint density at radius 2 is 2.12 bits per heavy atom. The lowest BCUT2D eigenvalue weighted by Crippen LogP contribution is -2.55. The van der Waals surface area contributed by atoms with E-state index in [1.807, 2.05) is 30.3 Å². The van der Waals surface area contributed by atoms with Crippen LogP contribution in [0.1, 0.15) is 25.3 Å². The maximum atomic E-state index is 14.2. The number of thioether (sulfide) groups is 1. The van der Waals surface area contributed by atoms with Crippen LogP contribution >= 0.6 is 27.7 Å². The molecule has 3 saturated heterocycles. The average molecular weight is 552 g/mol. The summed E-state index contributed by atoms with van der Waals surface area (Å²) in [6.07, 6.45) is 2.68. The fraction of sp³-hybridized carbons (Fsp3) is 0.560. The molecule has 0 aromatic heterocycles. The number of nitrogens with zero attached hydrogens (tertiary/aromatic N) is 2. The number of fused-ring (bicyclic) bond motifs is 1. The maximum absolute atomic E-state index is 14.2. The van der Waals surface area contributed by atoms with E-state index in [1.54, 1.807) is 34.6 Å². The zero-order valence-electron chi connectivity index (χ0n) is 19.3. The number of halogens is 1. The van der Waals surface area contributed by atoms with Crippen molar-refractivity contribution in [3.05, 3.63) is 48.6 Å². The third-order valence-corrected chi connectivity index (χ3v) is 10.2. The Balaban J connectivity index is 1.72. The monoisotopic (exact) mass is 550 g/mol. The number of ether oxygens (including phenoxy) is 1. The van der Waals surface area contributed by atoms with Crippen LogP contribution in [0.25, 0.3) is 0 Å². The van der Waals surface area contributed by atoms with Gasteiger partial charge >= 0.3 is 5.97 Å². The van der Waals surface area contributed by atoms with Crippen LogP contribution in [0.5, 0.6) is 0 Å². The number of carbonyl (C=O) groups excluding carboxylic acids is 3. The van der Waals surface area contributed by atoms with Gasteiger partial charge in [-0.1, -0.05) is 52.3 Å². The molecule has 1 aromatic carbocycles. The Labute approximate surface area is 213 Å². The van der Waals surface area contributed by atoms with Gasteiger partial charge in [0.15, 0.2) is 0 Å². The first kappa shape index (κ1) is 25.3. The van der Waals surface area contributed by atoms with E-state index in [-0.39, 0.29) is 47.6 Å². The average Bonchev–Trinajstić information content (AvgIpc) is 3.41. The van der Waals surface area contributed by atoms with E-state index < -0.39 is 22.6 Å². The van der Waals surface area contributed by atoms with Gasteiger partial charge in [-0.25, -0.2) is 0 Å². The minimum absolute atomic E-state index is 0.00558. The Hall–Kier alpha value is -1.84. The molecule has 2 amide bonds. The van der Waals surface area contributed by atoms with Gasteiger partial charge in [0.2, 0.25) is 11.8 Å². The van der Waals surface area contributed by atoms with Crippen molar-refractivity contribution in [2.45, 2.75) is 47.2 Å². The lowest BCUT2D eigenvalue weighted by molar-refractivity contribution is -0.153. The summed E-state index contributed by atoms with van der Waals surface area (Å²) in [6, 6.07) is 9.01. The number of carbonyl (C=O) groups is 3. The van der Waals surface area contributed by atoms with E-state index in [4.69, 9.17) is 4.74 Å². The van der Waals surface area contributed by atoms with Gasteiger partial charge in [-0.3, -0.25) is 14.4 Å². The molecule has 184 valence electrons. The molecule has 3 unspecified atom stereocenters. The van der Waals surface area contributed by atoms with Gasteiger partial charge in [0, 0.05) is 36.3 Å². The van der Waals surface area contributed by atoms with Crippen molar-refractivity contribution in [1.82, 2.24) is 9.80 Å². The molecular weight excluding hydrogens is 520 g/mol. The van der Waals surface area contributed by atoms with Crippen molar-refractivity contribution >= 4 is 45.5 Å². The van der Waals surface area contributed by atoms with E-state index >= 15 is 0 Å². The number of alkyl halides is 1. The highest BCUT2D eigenvalue weighted by Gasteiger charge is 2.76. The van der Waals surface area contributed by atoms with Crippen molar-refractivity contribution in [2.75, 3.05) is 26.3 Å². The molecule has 6 atom stereocenters. The highest BCUT2D eigenvalue weighted by Crippen LogP contribution is 2.68. The SMILES string of the molecule is C=CCN(Cc1ccccc1)C(=O)C1N(CCCO)C(=O)[C@@H]2[C@H](C(=O)OCC)[C@H]3SC12CC3Br. The minimum Gasteiger partial charge on any atom is -0.466 e. The summed E-state index contributed by atoms with van der Waals surface area (Å²) in [4.78, 5) is 44.3. The Kier molecular flexibility index (Phi) is 7.74. The minimum atomic E-state index is -0.713. The number of hydrogen-bond acceptors (Lipinski definition) is 6. The lowest BCUT2D eigenvalue weighted by Gasteiger charge is -2.37. The molecule has 0 radical (unpaired) electrons. The van der Waals surface area contributed by atoms with Crippen LogP contribution in [0.15, 0.2) is 43.0 Å². The number of esters is 1. The van der Waals surface area contributed by atoms with E-state index in [2.05, 4.69) is 22.5 Å². The third kappa shape index (κ3) is 4.20. The summed E-state index contributed by atoms with van der Waals surface area (Å²) in [6.45, 7) is 6.77. The molecule has 9 heteroatoms. The molecule has 3 aliphatic rings. The van der Waals surface area contributed by atoms with Crippen molar-refractivity contribution < 1.29 is 24.2 Å². The second-order valence-electron chi connectivity index (χ2n) is 9.02. The van der Waals surface area contributed by atoms with Crippen molar-refractivity contribution in [1.29, 1.82) is 0 Å². The maximum Gasteiger partial charge on any atom is 0.310 e. The Morgan fingerprint density at radius 3 is 2.76 bits per heavy atom. The van der Waals surface area contributed by atoms with Crippen LogP contribution in [0, 0.1) is 11.8 Å². The number of aliphatic hydroxyl groups excluding tert-OH is 1. The van der Waals surface area contributed by atoms with Crippen molar-refractivity contribution in [3.63, 3.8) is 0 Å². The predicted molar refractivity (Wildman–Crippen MR) is 134 cm³/mol. The zero-order chi connectivity index (χ0) is 24.5. The van der Waals surface area contributed by atoms with Gasteiger partial charge < -0.3 is 19.6 Å². The lowest BCUT2D eigenvalue weighted by atomic mass is 9.71. The molecular formula is C25H31BrN2O5S. The second kappa shape index (κ2) is 10.4. The van der Waals surface area contributed by atoms with Gasteiger partial charge in [-0.15, -0.1) is 18.3 Å². The quantitative estimate of drug-likeness (QED) is 0.274. The van der Waals surface area contributed by atoms with Crippen molar-refractivity contribution in [2.24, 2.45) is 11.8 Å². The number of likely N-dealkylation sites (tertiary alicyclic amines) is 1. The van der Waals surface area contributed by atoms with Crippen LogP contribution in [0.4, 0.5) is 0 Å². The van der Waals surface area contributed by atoms with Gasteiger partial charge in [0.25, 0.3) is 0 Å². The van der Waals surface area contributed by atoms with E-state index in [1.165, 1.54) is 0 Å². The molecule has 34 heavy (non-hydrogen) atoms. The molecule has 1 N–H and O–H groups in total. The summed E-state index contributed by atoms with van der Waals surface area (Å²) in [7, 11) is 0. The van der Waals surface area contributed by atoms with E-state index in [0.29, 0.717) is 25.9 Å². The predicted octanol–water partition coefficient (Wildman–Crippen LogP) is 2.61. The summed E-state index contributed by atoms with van der Waals surface area (Å²) in [5.74, 6) is -1.89. The van der Waals surface area contributed by atoms with Gasteiger partial charge in [0.05, 0.1) is 23.2 Å². The normalized spacial score (nSPS) is 31.4. The fourth-order valence-corrected chi connectivity index (χ4v) is 9.36. The highest BCUT2D eigenvalue weighted by atomic mass is 79.9. The highest BCUT2D eigenvalue weighted by molar-refractivity contribution is 9.09. The molecule has 0 saturated carbocycles. The molecule has 3 heterocycles. The van der Waals surface area contributed by atoms with Gasteiger partial charge in [-0.05, 0) is 25.3 Å². The van der Waals surface area contributed by atoms with Crippen molar-refractivity contribution in [3.8, 4) is 0 Å². The number of amides is 2. The summed E-state index contributed by atoms with van der Waals surface area (Å²) >= 11 is 5.33. The molecule has 2 bridgehead atoms. The van der Waals surface area contributed by atoms with Crippen LogP contribution in [0.2, 0.25) is 0 Å². The molecule has 3 fully saturated rings. The molecule has 3 aliphatic heterocycles. The number of benzene rings is 1. The van der Waals surface area contributed by atoms with E-state index in [9.17, 15) is 19.5 Å². The smallest absolute Gasteiger partial charge is 0.310 e. The second-order valence-corrected chi connectivity index (χ2v) is 11.7. The topological polar surface area (TPSA) is 87.2 Å². The van der Waals surface area contributed by atoms with Gasteiger partial charge in [-0.2, -0.15) is 0 Å². The third-order valence-electron chi connectivity index (χ3n) is 7.02. The molecule has 1 spiro atoms. The number of rotatable bonds is 10. The molecule has 1 aromatic rings. The largest absolute Gasteiger partial charge is 0.466 e. The molecule has 0 aliphatic carbocycles. The molecule has 7 nitrogen and oxygen atoms in total. The number of hydrogen-bond donors (Lipinski definition) is 1. The standard InChI is InChI=1S/C25H31BrN2O5S/c1-3-11-27(15-16-9-6-5-7-10-16)23(31)21-25-14-17(26)20(34-25)18(24(32)33-4-2)19(25)22(30)28(21)12-8-13-29/h3,5-7,9-10,17-21,29H,1,4,8,11-15H2,2H3/t17?,18-,19-,20-,21?,25?/m0/s1. The zero-order valence-corrected chi connectivity index (χ0v) is 21.7. The first-order chi connectivity index (χ1) is 16.4.